The molecule has 0 saturated heterocycles. The monoisotopic (exact) mass is 339 g/mol. The molecule has 1 aromatic carbocycles. The highest BCUT2D eigenvalue weighted by Gasteiger charge is 2.36. The molecule has 3 heteroatoms. The summed E-state index contributed by atoms with van der Waals surface area (Å²) in [4.78, 5) is 0. The molecule has 1 aliphatic rings. The Hall–Kier alpha value is -0.540. The van der Waals surface area contributed by atoms with Crippen molar-refractivity contribution in [3.63, 3.8) is 0 Å². The normalized spacial score (nSPS) is 17.0. The van der Waals surface area contributed by atoms with Crippen LogP contribution in [0.3, 0.4) is 0 Å². The standard InChI is InChI=1S/C17H26BrNO/c1-14(2)12-19-13-17(8-3-9-17)10-11-20-16-6-4-15(18)5-7-16/h4-7,14,19H,3,8-13H2,1-2H3. The van der Waals surface area contributed by atoms with Gasteiger partial charge >= 0.3 is 0 Å². The molecule has 0 aliphatic heterocycles. The quantitative estimate of drug-likeness (QED) is 0.745. The van der Waals surface area contributed by atoms with Crippen molar-refractivity contribution in [3.05, 3.63) is 28.7 Å². The topological polar surface area (TPSA) is 21.3 Å². The average Bonchev–Trinajstić information content (AvgIpc) is 2.37. The molecule has 2 rings (SSSR count). The first kappa shape index (κ1) is 15.8. The Kier molecular flexibility index (Phi) is 5.91. The molecule has 1 aromatic rings. The molecule has 0 amide bonds. The first-order valence-electron chi connectivity index (χ1n) is 7.69. The molecule has 1 N–H and O–H groups in total. The number of benzene rings is 1. The number of rotatable bonds is 8. The summed E-state index contributed by atoms with van der Waals surface area (Å²) >= 11 is 3.44. The van der Waals surface area contributed by atoms with Gasteiger partial charge in [0.25, 0.3) is 0 Å². The fourth-order valence-electron chi connectivity index (χ4n) is 2.73. The largest absolute Gasteiger partial charge is 0.494 e. The zero-order valence-electron chi connectivity index (χ0n) is 12.6. The van der Waals surface area contributed by atoms with Gasteiger partial charge in [-0.2, -0.15) is 0 Å². The summed E-state index contributed by atoms with van der Waals surface area (Å²) in [5, 5.41) is 3.62. The van der Waals surface area contributed by atoms with Gasteiger partial charge in [-0.1, -0.05) is 36.2 Å². The van der Waals surface area contributed by atoms with Crippen molar-refractivity contribution in [1.29, 1.82) is 0 Å². The van der Waals surface area contributed by atoms with Crippen LogP contribution in [0.25, 0.3) is 0 Å². The van der Waals surface area contributed by atoms with Gasteiger partial charge in [-0.15, -0.1) is 0 Å². The SMILES string of the molecule is CC(C)CNCC1(CCOc2ccc(Br)cc2)CCC1. The average molecular weight is 340 g/mol. The van der Waals surface area contributed by atoms with Crippen molar-refractivity contribution in [2.45, 2.75) is 39.5 Å². The first-order chi connectivity index (χ1) is 9.60. The van der Waals surface area contributed by atoms with E-state index in [1.807, 2.05) is 24.3 Å². The third kappa shape index (κ3) is 4.78. The van der Waals surface area contributed by atoms with Crippen molar-refractivity contribution in [1.82, 2.24) is 5.32 Å². The van der Waals surface area contributed by atoms with Crippen LogP contribution < -0.4 is 10.1 Å². The summed E-state index contributed by atoms with van der Waals surface area (Å²) in [6, 6.07) is 8.10. The Morgan fingerprint density at radius 3 is 2.50 bits per heavy atom. The van der Waals surface area contributed by atoms with E-state index < -0.39 is 0 Å². The van der Waals surface area contributed by atoms with E-state index in [1.165, 1.54) is 19.3 Å². The highest BCUT2D eigenvalue weighted by molar-refractivity contribution is 9.10. The summed E-state index contributed by atoms with van der Waals surface area (Å²) in [6.45, 7) is 7.61. The second kappa shape index (κ2) is 7.46. The van der Waals surface area contributed by atoms with Crippen LogP contribution in [0.5, 0.6) is 5.75 Å². The molecular formula is C17H26BrNO. The molecule has 20 heavy (non-hydrogen) atoms. The summed E-state index contributed by atoms with van der Waals surface area (Å²) in [6.07, 6.45) is 5.24. The third-order valence-electron chi connectivity index (χ3n) is 4.18. The molecule has 1 fully saturated rings. The zero-order chi connectivity index (χ0) is 14.4. The van der Waals surface area contributed by atoms with Gasteiger partial charge in [0.1, 0.15) is 5.75 Å². The molecule has 2 nitrogen and oxygen atoms in total. The molecule has 1 aliphatic carbocycles. The van der Waals surface area contributed by atoms with E-state index in [0.29, 0.717) is 5.41 Å². The van der Waals surface area contributed by atoms with Crippen LogP contribution in [-0.4, -0.2) is 19.7 Å². The lowest BCUT2D eigenvalue weighted by Gasteiger charge is -2.42. The number of hydrogen-bond acceptors (Lipinski definition) is 2. The number of hydrogen-bond donors (Lipinski definition) is 1. The van der Waals surface area contributed by atoms with Gasteiger partial charge in [-0.3, -0.25) is 0 Å². The number of halogens is 1. The fraction of sp³-hybridized carbons (Fsp3) is 0.647. The van der Waals surface area contributed by atoms with Crippen molar-refractivity contribution >= 4 is 15.9 Å². The maximum absolute atomic E-state index is 5.87. The summed E-state index contributed by atoms with van der Waals surface area (Å²) in [5.41, 5.74) is 0.490. The predicted octanol–water partition coefficient (Wildman–Crippen LogP) is 4.63. The van der Waals surface area contributed by atoms with E-state index in [-0.39, 0.29) is 0 Å². The van der Waals surface area contributed by atoms with Gasteiger partial charge in [0.2, 0.25) is 0 Å². The van der Waals surface area contributed by atoms with E-state index in [1.54, 1.807) is 0 Å². The minimum Gasteiger partial charge on any atom is -0.494 e. The molecule has 0 aromatic heterocycles. The maximum Gasteiger partial charge on any atom is 0.119 e. The van der Waals surface area contributed by atoms with Crippen LogP contribution in [0.1, 0.15) is 39.5 Å². The summed E-state index contributed by atoms with van der Waals surface area (Å²) < 4.78 is 6.97. The van der Waals surface area contributed by atoms with Crippen LogP contribution in [0.15, 0.2) is 28.7 Å². The van der Waals surface area contributed by atoms with Gasteiger partial charge in [0.05, 0.1) is 6.61 Å². The number of ether oxygens (including phenoxy) is 1. The molecule has 0 unspecified atom stereocenters. The van der Waals surface area contributed by atoms with Crippen LogP contribution in [-0.2, 0) is 0 Å². The lowest BCUT2D eigenvalue weighted by molar-refractivity contribution is 0.0913. The summed E-state index contributed by atoms with van der Waals surface area (Å²) in [7, 11) is 0. The van der Waals surface area contributed by atoms with Crippen LogP contribution in [0.4, 0.5) is 0 Å². The minimum absolute atomic E-state index is 0.490. The van der Waals surface area contributed by atoms with Gasteiger partial charge in [-0.05, 0) is 61.4 Å². The second-order valence-electron chi connectivity index (χ2n) is 6.43. The van der Waals surface area contributed by atoms with Crippen LogP contribution in [0, 0.1) is 11.3 Å². The van der Waals surface area contributed by atoms with Crippen LogP contribution >= 0.6 is 15.9 Å². The van der Waals surface area contributed by atoms with E-state index in [9.17, 15) is 0 Å². The number of nitrogens with one attached hydrogen (secondary N) is 1. The lowest BCUT2D eigenvalue weighted by atomic mass is 9.66. The molecule has 0 radical (unpaired) electrons. The summed E-state index contributed by atoms with van der Waals surface area (Å²) in [5.74, 6) is 1.70. The molecule has 0 atom stereocenters. The van der Waals surface area contributed by atoms with Gasteiger partial charge < -0.3 is 10.1 Å². The van der Waals surface area contributed by atoms with Crippen molar-refractivity contribution < 1.29 is 4.74 Å². The Morgan fingerprint density at radius 1 is 1.25 bits per heavy atom. The lowest BCUT2D eigenvalue weighted by Crippen LogP contribution is -2.42. The van der Waals surface area contributed by atoms with Crippen LogP contribution in [0.2, 0.25) is 0 Å². The zero-order valence-corrected chi connectivity index (χ0v) is 14.2. The van der Waals surface area contributed by atoms with E-state index in [4.69, 9.17) is 4.74 Å². The molecule has 0 spiro atoms. The third-order valence-corrected chi connectivity index (χ3v) is 4.71. The Balaban J connectivity index is 1.72. The van der Waals surface area contributed by atoms with E-state index in [0.717, 1.165) is 42.3 Å². The highest BCUT2D eigenvalue weighted by atomic mass is 79.9. The maximum atomic E-state index is 5.87. The van der Waals surface area contributed by atoms with Crippen molar-refractivity contribution in [2.24, 2.45) is 11.3 Å². The smallest absolute Gasteiger partial charge is 0.119 e. The van der Waals surface area contributed by atoms with Crippen molar-refractivity contribution in [3.8, 4) is 5.75 Å². The Morgan fingerprint density at radius 2 is 1.95 bits per heavy atom. The molecule has 112 valence electrons. The van der Waals surface area contributed by atoms with Gasteiger partial charge in [0.15, 0.2) is 0 Å². The predicted molar refractivity (Wildman–Crippen MR) is 88.2 cm³/mol. The highest BCUT2D eigenvalue weighted by Crippen LogP contribution is 2.43. The van der Waals surface area contributed by atoms with E-state index in [2.05, 4.69) is 35.1 Å². The van der Waals surface area contributed by atoms with Gasteiger partial charge in [0, 0.05) is 11.0 Å². The van der Waals surface area contributed by atoms with Gasteiger partial charge in [-0.25, -0.2) is 0 Å². The van der Waals surface area contributed by atoms with E-state index >= 15 is 0 Å². The Bertz CT molecular complexity index is 398. The molecule has 1 saturated carbocycles. The molecule has 0 heterocycles. The first-order valence-corrected chi connectivity index (χ1v) is 8.48. The fourth-order valence-corrected chi connectivity index (χ4v) is 3.00. The Labute approximate surface area is 131 Å². The molecular weight excluding hydrogens is 314 g/mol. The van der Waals surface area contributed by atoms with Crippen molar-refractivity contribution in [2.75, 3.05) is 19.7 Å². The molecule has 0 bridgehead atoms. The second-order valence-corrected chi connectivity index (χ2v) is 7.35. The minimum atomic E-state index is 0.490.